The maximum Gasteiger partial charge on any atom is 0.249 e. The first-order chi connectivity index (χ1) is 9.49. The minimum Gasteiger partial charge on any atom is -0.399 e. The fraction of sp³-hybridized carbons (Fsp3) is 0.231. The fourth-order valence-corrected chi connectivity index (χ4v) is 3.33. The number of nitrogen functional groups attached to an aromatic ring is 1. The molecule has 1 aromatic carbocycles. The van der Waals surface area contributed by atoms with Crippen LogP contribution in [0, 0.1) is 0 Å². The lowest BCUT2D eigenvalue weighted by atomic mass is 10.0. The lowest BCUT2D eigenvalue weighted by Crippen LogP contribution is -2.53. The highest BCUT2D eigenvalue weighted by Crippen LogP contribution is 2.30. The number of amides is 2. The van der Waals surface area contributed by atoms with Crippen LogP contribution in [0.1, 0.15) is 24.0 Å². The third-order valence-corrected chi connectivity index (χ3v) is 4.30. The van der Waals surface area contributed by atoms with E-state index in [0.717, 1.165) is 11.1 Å². The van der Waals surface area contributed by atoms with Gasteiger partial charge in [-0.3, -0.25) is 14.9 Å². The molecular weight excluding hydrogens is 294 g/mol. The second-order valence-corrected chi connectivity index (χ2v) is 5.53. The first-order valence-electron chi connectivity index (χ1n) is 6.10. The van der Waals surface area contributed by atoms with Crippen molar-refractivity contribution in [2.24, 2.45) is 0 Å². The van der Waals surface area contributed by atoms with Gasteiger partial charge in [-0.25, -0.2) is 0 Å². The lowest BCUT2D eigenvalue weighted by molar-refractivity contribution is -0.135. The summed E-state index contributed by atoms with van der Waals surface area (Å²) in [6.07, 6.45) is 0.699. The van der Waals surface area contributed by atoms with Gasteiger partial charge in [0.05, 0.1) is 0 Å². The Morgan fingerprint density at radius 3 is 2.60 bits per heavy atom. The van der Waals surface area contributed by atoms with Crippen LogP contribution in [-0.2, 0) is 9.59 Å². The van der Waals surface area contributed by atoms with Crippen LogP contribution < -0.4 is 11.1 Å². The molecular formula is C13H11N3O2S2. The number of carbonyl (C=O) groups excluding carboxylic acids is 2. The Bertz CT molecular complexity index is 672. The van der Waals surface area contributed by atoms with Crippen LogP contribution in [0.15, 0.2) is 18.2 Å². The zero-order valence-electron chi connectivity index (χ0n) is 10.4. The molecule has 3 rings (SSSR count). The fourth-order valence-electron chi connectivity index (χ4n) is 2.49. The standard InChI is InChI=1S/C13H11N3O2S2/c14-6-1-2-7-8(5-6)13(20)16(12(7)19)9-3-4-10(17)15-11(9)18/h1-2,5,9H,3-4,14H2,(H,15,17,18)/t9-/m0/s1. The maximum atomic E-state index is 12.0. The van der Waals surface area contributed by atoms with Gasteiger partial charge in [-0.2, -0.15) is 0 Å². The largest absolute Gasteiger partial charge is 0.399 e. The number of benzene rings is 1. The van der Waals surface area contributed by atoms with Crippen molar-refractivity contribution in [1.82, 2.24) is 10.2 Å². The molecule has 1 saturated heterocycles. The van der Waals surface area contributed by atoms with Crippen molar-refractivity contribution < 1.29 is 9.59 Å². The Morgan fingerprint density at radius 1 is 1.20 bits per heavy atom. The van der Waals surface area contributed by atoms with Gasteiger partial charge in [-0.1, -0.05) is 24.4 Å². The number of hydrogen-bond acceptors (Lipinski definition) is 5. The molecule has 20 heavy (non-hydrogen) atoms. The van der Waals surface area contributed by atoms with Gasteiger partial charge in [-0.15, -0.1) is 0 Å². The molecule has 2 aliphatic rings. The molecule has 0 spiro atoms. The first-order valence-corrected chi connectivity index (χ1v) is 6.92. The zero-order chi connectivity index (χ0) is 14.4. The number of hydrogen-bond donors (Lipinski definition) is 2. The van der Waals surface area contributed by atoms with E-state index < -0.39 is 6.04 Å². The Kier molecular flexibility index (Phi) is 3.02. The highest BCUT2D eigenvalue weighted by Gasteiger charge is 2.40. The van der Waals surface area contributed by atoms with Crippen LogP contribution in [0.25, 0.3) is 0 Å². The van der Waals surface area contributed by atoms with Crippen LogP contribution in [0.4, 0.5) is 5.69 Å². The van der Waals surface area contributed by atoms with Crippen LogP contribution in [0.2, 0.25) is 0 Å². The van der Waals surface area contributed by atoms with E-state index in [1.807, 2.05) is 6.07 Å². The maximum absolute atomic E-state index is 12.0. The first kappa shape index (κ1) is 13.1. The van der Waals surface area contributed by atoms with E-state index in [4.69, 9.17) is 30.2 Å². The van der Waals surface area contributed by atoms with Crippen molar-refractivity contribution in [3.05, 3.63) is 29.3 Å². The van der Waals surface area contributed by atoms with Gasteiger partial charge < -0.3 is 10.6 Å². The number of nitrogens with two attached hydrogens (primary N) is 1. The summed E-state index contributed by atoms with van der Waals surface area (Å²) in [6.45, 7) is 0. The highest BCUT2D eigenvalue weighted by atomic mass is 32.1. The molecule has 0 unspecified atom stereocenters. The topological polar surface area (TPSA) is 75.4 Å². The van der Waals surface area contributed by atoms with Gasteiger partial charge in [0.2, 0.25) is 11.8 Å². The number of imide groups is 1. The summed E-state index contributed by atoms with van der Waals surface area (Å²) in [5, 5.41) is 2.32. The quantitative estimate of drug-likeness (QED) is 0.453. The van der Waals surface area contributed by atoms with E-state index in [9.17, 15) is 9.59 Å². The predicted octanol–water partition coefficient (Wildman–Crippen LogP) is 0.741. The van der Waals surface area contributed by atoms with Gasteiger partial charge in [0, 0.05) is 23.2 Å². The summed E-state index contributed by atoms with van der Waals surface area (Å²) >= 11 is 10.8. The number of thiocarbonyl (C=S) groups is 2. The molecule has 2 aliphatic heterocycles. The average molecular weight is 305 g/mol. The minimum atomic E-state index is -0.527. The van der Waals surface area contributed by atoms with Gasteiger partial charge in [0.25, 0.3) is 0 Å². The van der Waals surface area contributed by atoms with E-state index in [1.165, 1.54) is 0 Å². The number of fused-ring (bicyclic) bond motifs is 1. The molecule has 1 aromatic rings. The van der Waals surface area contributed by atoms with Crippen molar-refractivity contribution in [3.63, 3.8) is 0 Å². The van der Waals surface area contributed by atoms with Crippen molar-refractivity contribution in [3.8, 4) is 0 Å². The number of nitrogens with zero attached hydrogens (tertiary/aromatic N) is 1. The summed E-state index contributed by atoms with van der Waals surface area (Å²) in [6, 6.07) is 4.80. The SMILES string of the molecule is Nc1ccc2c(c1)C(=S)N([C@H]1CCC(=O)NC1=O)C2=S. The molecule has 102 valence electrons. The minimum absolute atomic E-state index is 0.260. The van der Waals surface area contributed by atoms with Crippen molar-refractivity contribution in [1.29, 1.82) is 0 Å². The summed E-state index contributed by atoms with van der Waals surface area (Å²) in [5.74, 6) is -0.615. The van der Waals surface area contributed by atoms with Gasteiger partial charge in [0.1, 0.15) is 16.0 Å². The Balaban J connectivity index is 1.97. The molecule has 7 heteroatoms. The zero-order valence-corrected chi connectivity index (χ0v) is 12.0. The van der Waals surface area contributed by atoms with Crippen molar-refractivity contribution >= 4 is 51.9 Å². The number of piperidine rings is 1. The van der Waals surface area contributed by atoms with Crippen LogP contribution >= 0.6 is 24.4 Å². The summed E-state index contributed by atoms with van der Waals surface area (Å²) in [5.41, 5.74) is 7.94. The lowest BCUT2D eigenvalue weighted by Gasteiger charge is -2.30. The van der Waals surface area contributed by atoms with E-state index in [0.29, 0.717) is 22.1 Å². The number of nitrogens with one attached hydrogen (secondary N) is 1. The molecule has 1 atom stereocenters. The summed E-state index contributed by atoms with van der Waals surface area (Å²) in [4.78, 5) is 25.9. The molecule has 0 aromatic heterocycles. The number of carbonyl (C=O) groups is 2. The number of anilines is 1. The Morgan fingerprint density at radius 2 is 1.90 bits per heavy atom. The molecule has 0 bridgehead atoms. The normalized spacial score (nSPS) is 22.0. The second kappa shape index (κ2) is 4.60. The molecule has 0 aliphatic carbocycles. The van der Waals surface area contributed by atoms with Gasteiger partial charge in [0.15, 0.2) is 0 Å². The van der Waals surface area contributed by atoms with Crippen molar-refractivity contribution in [2.45, 2.75) is 18.9 Å². The molecule has 2 heterocycles. The van der Waals surface area contributed by atoms with E-state index >= 15 is 0 Å². The van der Waals surface area contributed by atoms with Crippen molar-refractivity contribution in [2.75, 3.05) is 5.73 Å². The van der Waals surface area contributed by atoms with E-state index in [1.54, 1.807) is 17.0 Å². The summed E-state index contributed by atoms with van der Waals surface area (Å²) in [7, 11) is 0. The van der Waals surface area contributed by atoms with E-state index in [-0.39, 0.29) is 18.2 Å². The monoisotopic (exact) mass is 305 g/mol. The smallest absolute Gasteiger partial charge is 0.249 e. The second-order valence-electron chi connectivity index (χ2n) is 4.75. The molecule has 0 saturated carbocycles. The third kappa shape index (κ3) is 1.90. The summed E-state index contributed by atoms with van der Waals surface area (Å²) < 4.78 is 0. The molecule has 5 nitrogen and oxygen atoms in total. The van der Waals surface area contributed by atoms with Gasteiger partial charge in [-0.05, 0) is 24.6 Å². The predicted molar refractivity (Wildman–Crippen MR) is 82.3 cm³/mol. The highest BCUT2D eigenvalue weighted by molar-refractivity contribution is 7.82. The molecule has 1 fully saturated rings. The van der Waals surface area contributed by atoms with Crippen LogP contribution in [-0.4, -0.2) is 32.7 Å². The molecule has 2 amide bonds. The average Bonchev–Trinajstić information content (AvgIpc) is 2.63. The Hall–Kier alpha value is -1.86. The van der Waals surface area contributed by atoms with Gasteiger partial charge >= 0.3 is 0 Å². The third-order valence-electron chi connectivity index (χ3n) is 3.46. The molecule has 3 N–H and O–H groups in total. The van der Waals surface area contributed by atoms with Crippen LogP contribution in [0.5, 0.6) is 0 Å². The van der Waals surface area contributed by atoms with Crippen LogP contribution in [0.3, 0.4) is 0 Å². The molecule has 0 radical (unpaired) electrons. The number of rotatable bonds is 1. The van der Waals surface area contributed by atoms with E-state index in [2.05, 4.69) is 5.32 Å². The Labute approximate surface area is 126 Å².